The van der Waals surface area contributed by atoms with E-state index in [-0.39, 0.29) is 0 Å². The van der Waals surface area contributed by atoms with Crippen molar-refractivity contribution in [3.8, 4) is 0 Å². The molecule has 2 atom stereocenters. The van der Waals surface area contributed by atoms with Gasteiger partial charge in [-0.15, -0.1) is 0 Å². The number of nitrogens with one attached hydrogen (secondary N) is 1. The van der Waals surface area contributed by atoms with Crippen LogP contribution in [0.3, 0.4) is 0 Å². The van der Waals surface area contributed by atoms with Gasteiger partial charge in [0, 0.05) is 11.4 Å². The summed E-state index contributed by atoms with van der Waals surface area (Å²) in [5.41, 5.74) is 4.84. The smallest absolute Gasteiger partial charge is 0.0416 e. The van der Waals surface area contributed by atoms with Gasteiger partial charge in [-0.05, 0) is 63.7 Å². The highest BCUT2D eigenvalue weighted by Crippen LogP contribution is 2.35. The van der Waals surface area contributed by atoms with Gasteiger partial charge in [-0.25, -0.2) is 0 Å². The number of allylic oxidation sites excluding steroid dienone is 10. The molecule has 0 aliphatic heterocycles. The lowest BCUT2D eigenvalue weighted by Crippen LogP contribution is -2.22. The minimum absolute atomic E-state index is 0.501. The van der Waals surface area contributed by atoms with Crippen LogP contribution in [-0.4, -0.2) is 0 Å². The number of hydrogen-bond donors (Lipinski definition) is 1. The molecule has 0 spiro atoms. The van der Waals surface area contributed by atoms with Crippen LogP contribution in [0.5, 0.6) is 0 Å². The number of rotatable bonds is 6. The summed E-state index contributed by atoms with van der Waals surface area (Å²) in [6.07, 6.45) is 16.1. The molecule has 0 radical (unpaired) electrons. The SMILES string of the molecule is C=C(C)C1=C(N/C(C)=C\C=C/C)C=CCC1C(C)C=CC. The molecule has 0 saturated carbocycles. The maximum absolute atomic E-state index is 4.20. The van der Waals surface area contributed by atoms with Gasteiger partial charge in [0.25, 0.3) is 0 Å². The Kier molecular flexibility index (Phi) is 7.01. The van der Waals surface area contributed by atoms with Crippen molar-refractivity contribution in [2.24, 2.45) is 11.8 Å². The summed E-state index contributed by atoms with van der Waals surface area (Å²) in [6.45, 7) is 14.8. The van der Waals surface area contributed by atoms with E-state index in [9.17, 15) is 0 Å². The summed E-state index contributed by atoms with van der Waals surface area (Å²) >= 11 is 0. The third kappa shape index (κ3) is 4.93. The first kappa shape index (κ1) is 17.3. The van der Waals surface area contributed by atoms with E-state index in [0.717, 1.165) is 17.7 Å². The van der Waals surface area contributed by atoms with Gasteiger partial charge in [-0.3, -0.25) is 0 Å². The molecule has 1 nitrogen and oxygen atoms in total. The van der Waals surface area contributed by atoms with E-state index in [0.29, 0.717) is 11.8 Å². The van der Waals surface area contributed by atoms with Crippen LogP contribution in [0, 0.1) is 11.8 Å². The molecule has 0 aromatic heterocycles. The maximum atomic E-state index is 4.20. The standard InChI is InChI=1S/C20H29N/c1-7-9-12-17(6)21-19-14-10-13-18(16(5)11-8-2)20(19)15(3)4/h7-12,14,16,18,21H,3,13H2,1-2,4-6H3/b9-7-,11-8?,17-12-. The average Bonchev–Trinajstić information content (AvgIpc) is 2.44. The van der Waals surface area contributed by atoms with Crippen molar-refractivity contribution in [1.82, 2.24) is 5.32 Å². The first-order chi connectivity index (χ1) is 10.0. The Bertz CT molecular complexity index is 512. The van der Waals surface area contributed by atoms with Gasteiger partial charge in [-0.1, -0.05) is 49.5 Å². The molecule has 114 valence electrons. The monoisotopic (exact) mass is 283 g/mol. The Morgan fingerprint density at radius 3 is 2.62 bits per heavy atom. The molecule has 0 fully saturated rings. The summed E-state index contributed by atoms with van der Waals surface area (Å²) < 4.78 is 0. The summed E-state index contributed by atoms with van der Waals surface area (Å²) in [5, 5.41) is 3.53. The molecule has 1 aliphatic rings. The van der Waals surface area contributed by atoms with E-state index >= 15 is 0 Å². The fraction of sp³-hybridized carbons (Fsp3) is 0.400. The summed E-state index contributed by atoms with van der Waals surface area (Å²) in [7, 11) is 0. The largest absolute Gasteiger partial charge is 0.359 e. The number of hydrogen-bond acceptors (Lipinski definition) is 1. The third-order valence-corrected chi connectivity index (χ3v) is 3.80. The van der Waals surface area contributed by atoms with Gasteiger partial charge >= 0.3 is 0 Å². The first-order valence-electron chi connectivity index (χ1n) is 7.77. The first-order valence-corrected chi connectivity index (χ1v) is 7.77. The second-order valence-corrected chi connectivity index (χ2v) is 5.74. The molecule has 0 bridgehead atoms. The third-order valence-electron chi connectivity index (χ3n) is 3.80. The molecule has 1 aliphatic carbocycles. The Morgan fingerprint density at radius 2 is 2.05 bits per heavy atom. The molecule has 0 heterocycles. The molecule has 0 amide bonds. The van der Waals surface area contributed by atoms with Crippen molar-refractivity contribution in [3.05, 3.63) is 71.7 Å². The maximum Gasteiger partial charge on any atom is 0.0416 e. The van der Waals surface area contributed by atoms with E-state index in [2.05, 4.69) is 76.0 Å². The molecular formula is C20H29N. The molecule has 21 heavy (non-hydrogen) atoms. The van der Waals surface area contributed by atoms with Crippen LogP contribution in [0.15, 0.2) is 71.7 Å². The Morgan fingerprint density at radius 1 is 1.33 bits per heavy atom. The molecule has 0 saturated heterocycles. The van der Waals surface area contributed by atoms with Crippen LogP contribution in [-0.2, 0) is 0 Å². The van der Waals surface area contributed by atoms with E-state index in [4.69, 9.17) is 0 Å². The van der Waals surface area contributed by atoms with Crippen molar-refractivity contribution < 1.29 is 0 Å². The van der Waals surface area contributed by atoms with Gasteiger partial charge in [0.1, 0.15) is 0 Å². The topological polar surface area (TPSA) is 12.0 Å². The predicted molar refractivity (Wildman–Crippen MR) is 94.8 cm³/mol. The lowest BCUT2D eigenvalue weighted by molar-refractivity contribution is 0.484. The van der Waals surface area contributed by atoms with Crippen molar-refractivity contribution >= 4 is 0 Å². The Hall–Kier alpha value is -1.76. The van der Waals surface area contributed by atoms with Gasteiger partial charge in [0.15, 0.2) is 0 Å². The predicted octanol–water partition coefficient (Wildman–Crippen LogP) is 5.67. The second kappa shape index (κ2) is 8.51. The van der Waals surface area contributed by atoms with Crippen molar-refractivity contribution in [2.75, 3.05) is 0 Å². The van der Waals surface area contributed by atoms with Gasteiger partial charge in [0.05, 0.1) is 0 Å². The van der Waals surface area contributed by atoms with E-state index in [1.54, 1.807) is 0 Å². The van der Waals surface area contributed by atoms with E-state index in [1.165, 1.54) is 11.3 Å². The highest BCUT2D eigenvalue weighted by atomic mass is 14.9. The minimum Gasteiger partial charge on any atom is -0.359 e. The van der Waals surface area contributed by atoms with Crippen molar-refractivity contribution in [1.29, 1.82) is 0 Å². The van der Waals surface area contributed by atoms with Gasteiger partial charge in [-0.2, -0.15) is 0 Å². The molecule has 1 heteroatoms. The van der Waals surface area contributed by atoms with Crippen LogP contribution < -0.4 is 5.32 Å². The molecule has 2 unspecified atom stereocenters. The zero-order valence-electron chi connectivity index (χ0n) is 14.1. The lowest BCUT2D eigenvalue weighted by Gasteiger charge is -2.30. The van der Waals surface area contributed by atoms with E-state index in [1.807, 2.05) is 13.0 Å². The Labute approximate surface area is 130 Å². The molecular weight excluding hydrogens is 254 g/mol. The lowest BCUT2D eigenvalue weighted by atomic mass is 9.78. The van der Waals surface area contributed by atoms with E-state index < -0.39 is 0 Å². The highest BCUT2D eigenvalue weighted by molar-refractivity contribution is 5.43. The molecule has 1 rings (SSSR count). The fourth-order valence-corrected chi connectivity index (χ4v) is 2.81. The van der Waals surface area contributed by atoms with Crippen LogP contribution in [0.1, 0.15) is 41.0 Å². The van der Waals surface area contributed by atoms with Crippen LogP contribution in [0.4, 0.5) is 0 Å². The van der Waals surface area contributed by atoms with Crippen molar-refractivity contribution in [3.63, 3.8) is 0 Å². The zero-order chi connectivity index (χ0) is 15.8. The Balaban J connectivity index is 3.12. The molecule has 0 aromatic rings. The molecule has 0 aromatic carbocycles. The fourth-order valence-electron chi connectivity index (χ4n) is 2.81. The average molecular weight is 283 g/mol. The normalized spacial score (nSPS) is 21.4. The minimum atomic E-state index is 0.501. The summed E-state index contributed by atoms with van der Waals surface area (Å²) in [5.74, 6) is 1.02. The van der Waals surface area contributed by atoms with Crippen LogP contribution in [0.2, 0.25) is 0 Å². The van der Waals surface area contributed by atoms with Crippen LogP contribution in [0.25, 0.3) is 0 Å². The highest BCUT2D eigenvalue weighted by Gasteiger charge is 2.24. The summed E-state index contributed by atoms with van der Waals surface area (Å²) in [6, 6.07) is 0. The van der Waals surface area contributed by atoms with Crippen molar-refractivity contribution in [2.45, 2.75) is 41.0 Å². The quantitative estimate of drug-likeness (QED) is 0.489. The summed E-state index contributed by atoms with van der Waals surface area (Å²) in [4.78, 5) is 0. The van der Waals surface area contributed by atoms with Gasteiger partial charge < -0.3 is 5.32 Å². The van der Waals surface area contributed by atoms with Gasteiger partial charge in [0.2, 0.25) is 0 Å². The van der Waals surface area contributed by atoms with Crippen LogP contribution >= 0.6 is 0 Å². The zero-order valence-corrected chi connectivity index (χ0v) is 14.1. The second-order valence-electron chi connectivity index (χ2n) is 5.74. The molecule has 1 N–H and O–H groups in total.